The van der Waals surface area contributed by atoms with Gasteiger partial charge in [-0.2, -0.15) is 13.2 Å². The van der Waals surface area contributed by atoms with Crippen molar-refractivity contribution < 1.29 is 22.6 Å². The summed E-state index contributed by atoms with van der Waals surface area (Å²) in [7, 11) is 2.91. The number of ether oxygens (including phenoxy) is 2. The highest BCUT2D eigenvalue weighted by Crippen LogP contribution is 2.37. The summed E-state index contributed by atoms with van der Waals surface area (Å²) in [6.45, 7) is 0. The Hall–Kier alpha value is -0.950. The molecule has 0 spiro atoms. The van der Waals surface area contributed by atoms with Gasteiger partial charge >= 0.3 is 6.18 Å². The number of benzene rings is 1. The zero-order chi connectivity index (χ0) is 14.6. The maximum atomic E-state index is 12.2. The van der Waals surface area contributed by atoms with Crippen LogP contribution < -0.4 is 15.2 Å². The average Bonchev–Trinajstić information content (AvgIpc) is 2.34. The van der Waals surface area contributed by atoms with E-state index in [0.717, 1.165) is 0 Å². The Labute approximate surface area is 118 Å². The molecule has 1 unspecified atom stereocenters. The van der Waals surface area contributed by atoms with E-state index >= 15 is 0 Å². The number of alkyl halides is 3. The van der Waals surface area contributed by atoms with Gasteiger partial charge in [-0.25, -0.2) is 0 Å². The molecule has 0 radical (unpaired) electrons. The Kier molecular flexibility index (Phi) is 5.49. The van der Waals surface area contributed by atoms with Crippen LogP contribution >= 0.6 is 15.9 Å². The number of hydrogen-bond donors (Lipinski definition) is 1. The lowest BCUT2D eigenvalue weighted by atomic mass is 10.0. The van der Waals surface area contributed by atoms with Crippen molar-refractivity contribution in [3.8, 4) is 11.5 Å². The highest BCUT2D eigenvalue weighted by atomic mass is 79.9. The minimum absolute atomic E-state index is 0.204. The van der Waals surface area contributed by atoms with E-state index in [1.807, 2.05) is 0 Å². The first-order valence-electron chi connectivity index (χ1n) is 5.52. The normalized spacial score (nSPS) is 13.2. The molecule has 0 saturated heterocycles. The fourth-order valence-electron chi connectivity index (χ4n) is 1.65. The fourth-order valence-corrected chi connectivity index (χ4v) is 2.13. The van der Waals surface area contributed by atoms with E-state index in [2.05, 4.69) is 15.9 Å². The SMILES string of the molecule is COc1cc(C(N)CCC(F)(F)F)c(OC)cc1Br. The molecule has 2 N–H and O–H groups in total. The molecule has 0 aliphatic heterocycles. The lowest BCUT2D eigenvalue weighted by Crippen LogP contribution is -2.16. The van der Waals surface area contributed by atoms with E-state index < -0.39 is 18.6 Å². The molecule has 0 amide bonds. The first-order valence-corrected chi connectivity index (χ1v) is 6.31. The third-order valence-electron chi connectivity index (χ3n) is 2.64. The van der Waals surface area contributed by atoms with Crippen molar-refractivity contribution in [2.45, 2.75) is 25.1 Å². The Morgan fingerprint density at radius 3 is 2.26 bits per heavy atom. The van der Waals surface area contributed by atoms with Crippen LogP contribution in [0.4, 0.5) is 13.2 Å². The van der Waals surface area contributed by atoms with E-state index in [1.165, 1.54) is 14.2 Å². The van der Waals surface area contributed by atoms with Crippen molar-refractivity contribution >= 4 is 15.9 Å². The van der Waals surface area contributed by atoms with Crippen molar-refractivity contribution in [3.63, 3.8) is 0 Å². The van der Waals surface area contributed by atoms with E-state index in [0.29, 0.717) is 21.5 Å². The van der Waals surface area contributed by atoms with Crippen LogP contribution in [-0.4, -0.2) is 20.4 Å². The number of hydrogen-bond acceptors (Lipinski definition) is 3. The van der Waals surface area contributed by atoms with Crippen molar-refractivity contribution in [2.24, 2.45) is 5.73 Å². The second-order valence-corrected chi connectivity index (χ2v) is 4.84. The molecule has 1 atom stereocenters. The summed E-state index contributed by atoms with van der Waals surface area (Å²) in [5, 5.41) is 0. The lowest BCUT2D eigenvalue weighted by Gasteiger charge is -2.18. The van der Waals surface area contributed by atoms with Gasteiger partial charge in [-0.05, 0) is 34.5 Å². The summed E-state index contributed by atoms with van der Waals surface area (Å²) in [6.07, 6.45) is -5.36. The molecule has 0 aliphatic carbocycles. The number of methoxy groups -OCH3 is 2. The maximum absolute atomic E-state index is 12.2. The Morgan fingerprint density at radius 2 is 1.79 bits per heavy atom. The molecule has 0 aliphatic rings. The van der Waals surface area contributed by atoms with Gasteiger partial charge in [0.25, 0.3) is 0 Å². The quantitative estimate of drug-likeness (QED) is 0.885. The molecule has 0 aromatic heterocycles. The maximum Gasteiger partial charge on any atom is 0.389 e. The molecule has 0 heterocycles. The molecule has 0 saturated carbocycles. The summed E-state index contributed by atoms with van der Waals surface area (Å²) >= 11 is 3.28. The summed E-state index contributed by atoms with van der Waals surface area (Å²) in [5.41, 5.74) is 6.29. The highest BCUT2D eigenvalue weighted by molar-refractivity contribution is 9.10. The van der Waals surface area contributed by atoms with Crippen LogP contribution in [0.1, 0.15) is 24.4 Å². The molecular formula is C12H15BrF3NO2. The molecule has 0 bridgehead atoms. The van der Waals surface area contributed by atoms with Crippen molar-refractivity contribution in [2.75, 3.05) is 14.2 Å². The van der Waals surface area contributed by atoms with Gasteiger partial charge in [0.05, 0.1) is 18.7 Å². The van der Waals surface area contributed by atoms with Crippen LogP contribution in [0.25, 0.3) is 0 Å². The van der Waals surface area contributed by atoms with Crippen LogP contribution in [0.2, 0.25) is 0 Å². The first-order chi connectivity index (χ1) is 8.78. The van der Waals surface area contributed by atoms with Crippen molar-refractivity contribution in [1.82, 2.24) is 0 Å². The van der Waals surface area contributed by atoms with Gasteiger partial charge in [-0.15, -0.1) is 0 Å². The summed E-state index contributed by atoms with van der Waals surface area (Å²) < 4.78 is 47.5. The molecule has 1 aromatic rings. The lowest BCUT2D eigenvalue weighted by molar-refractivity contribution is -0.136. The minimum Gasteiger partial charge on any atom is -0.496 e. The number of halogens is 4. The van der Waals surface area contributed by atoms with Gasteiger partial charge in [-0.1, -0.05) is 0 Å². The summed E-state index contributed by atoms with van der Waals surface area (Å²) in [4.78, 5) is 0. The largest absolute Gasteiger partial charge is 0.496 e. The van der Waals surface area contributed by atoms with Crippen LogP contribution in [0.5, 0.6) is 11.5 Å². The van der Waals surface area contributed by atoms with E-state index in [9.17, 15) is 13.2 Å². The predicted octanol–water partition coefficient (Wildman–Crippen LogP) is 3.81. The molecule has 108 valence electrons. The predicted molar refractivity (Wildman–Crippen MR) is 69.5 cm³/mol. The smallest absolute Gasteiger partial charge is 0.389 e. The Balaban J connectivity index is 2.97. The van der Waals surface area contributed by atoms with Crippen molar-refractivity contribution in [1.29, 1.82) is 0 Å². The number of nitrogens with two attached hydrogens (primary N) is 1. The third-order valence-corrected chi connectivity index (χ3v) is 3.26. The second-order valence-electron chi connectivity index (χ2n) is 3.99. The van der Waals surface area contributed by atoms with Crippen LogP contribution in [0.15, 0.2) is 16.6 Å². The van der Waals surface area contributed by atoms with Crippen molar-refractivity contribution in [3.05, 3.63) is 22.2 Å². The third kappa shape index (κ3) is 4.58. The topological polar surface area (TPSA) is 44.5 Å². The standard InChI is InChI=1S/C12H15BrF3NO2/c1-18-10-6-8(13)11(19-2)5-7(10)9(17)3-4-12(14,15)16/h5-6,9H,3-4,17H2,1-2H3. The van der Waals surface area contributed by atoms with Gasteiger partial charge in [0, 0.05) is 18.0 Å². The number of rotatable bonds is 5. The fraction of sp³-hybridized carbons (Fsp3) is 0.500. The molecule has 19 heavy (non-hydrogen) atoms. The van der Waals surface area contributed by atoms with E-state index in [1.54, 1.807) is 12.1 Å². The average molecular weight is 342 g/mol. The van der Waals surface area contributed by atoms with Gasteiger partial charge in [0.2, 0.25) is 0 Å². The molecular weight excluding hydrogens is 327 g/mol. The van der Waals surface area contributed by atoms with Crippen LogP contribution in [0, 0.1) is 0 Å². The summed E-state index contributed by atoms with van der Waals surface area (Å²) in [5.74, 6) is 0.931. The molecule has 7 heteroatoms. The van der Waals surface area contributed by atoms with Crippen LogP contribution in [-0.2, 0) is 0 Å². The van der Waals surface area contributed by atoms with Gasteiger partial charge in [0.15, 0.2) is 0 Å². The second kappa shape index (κ2) is 6.47. The van der Waals surface area contributed by atoms with Gasteiger partial charge in [0.1, 0.15) is 11.5 Å². The summed E-state index contributed by atoms with van der Waals surface area (Å²) in [6, 6.07) is 2.45. The van der Waals surface area contributed by atoms with Gasteiger partial charge < -0.3 is 15.2 Å². The molecule has 0 fully saturated rings. The zero-order valence-electron chi connectivity index (χ0n) is 10.6. The zero-order valence-corrected chi connectivity index (χ0v) is 12.1. The van der Waals surface area contributed by atoms with Gasteiger partial charge in [-0.3, -0.25) is 0 Å². The highest BCUT2D eigenvalue weighted by Gasteiger charge is 2.28. The molecule has 1 aromatic carbocycles. The molecule has 3 nitrogen and oxygen atoms in total. The first kappa shape index (κ1) is 16.1. The Morgan fingerprint density at radius 1 is 1.21 bits per heavy atom. The van der Waals surface area contributed by atoms with E-state index in [-0.39, 0.29) is 6.42 Å². The van der Waals surface area contributed by atoms with E-state index in [4.69, 9.17) is 15.2 Å². The molecule has 1 rings (SSSR count). The Bertz CT molecular complexity index is 438. The minimum atomic E-state index is -4.22. The van der Waals surface area contributed by atoms with Crippen LogP contribution in [0.3, 0.4) is 0 Å². The monoisotopic (exact) mass is 341 g/mol.